The molecule has 0 unspecified atom stereocenters. The molecule has 148 valence electrons. The van der Waals surface area contributed by atoms with Gasteiger partial charge in [-0.3, -0.25) is 14.4 Å². The zero-order chi connectivity index (χ0) is 19.8. The number of carbonyl (C=O) groups is 3. The third-order valence-electron chi connectivity index (χ3n) is 6.62. The predicted octanol–water partition coefficient (Wildman–Crippen LogP) is 2.46. The van der Waals surface area contributed by atoms with E-state index in [0.29, 0.717) is 57.2 Å². The van der Waals surface area contributed by atoms with E-state index in [4.69, 9.17) is 0 Å². The SMILES string of the molecule is O=C(NC12CCC(C(=O)O)(CC1)CC2)C1=NN(Cc2ccccc2)C(=O)CC1. The highest BCUT2D eigenvalue weighted by Crippen LogP contribution is 2.52. The largest absolute Gasteiger partial charge is 0.481 e. The average Bonchev–Trinajstić information content (AvgIpc) is 2.71. The molecule has 7 heteroatoms. The van der Waals surface area contributed by atoms with Crippen molar-refractivity contribution in [3.8, 4) is 0 Å². The number of hydrogen-bond acceptors (Lipinski definition) is 4. The van der Waals surface area contributed by atoms with Gasteiger partial charge in [-0.25, -0.2) is 5.01 Å². The van der Waals surface area contributed by atoms with Crippen LogP contribution in [0.4, 0.5) is 0 Å². The van der Waals surface area contributed by atoms with Crippen molar-refractivity contribution < 1.29 is 19.5 Å². The summed E-state index contributed by atoms with van der Waals surface area (Å²) >= 11 is 0. The van der Waals surface area contributed by atoms with Gasteiger partial charge in [0.25, 0.3) is 5.91 Å². The highest BCUT2D eigenvalue weighted by atomic mass is 16.4. The Balaban J connectivity index is 1.44. The molecule has 2 amide bonds. The summed E-state index contributed by atoms with van der Waals surface area (Å²) < 4.78 is 0. The molecule has 5 rings (SSSR count). The fourth-order valence-corrected chi connectivity index (χ4v) is 4.65. The lowest BCUT2D eigenvalue weighted by Crippen LogP contribution is -2.59. The Hall–Kier alpha value is -2.70. The smallest absolute Gasteiger partial charge is 0.309 e. The van der Waals surface area contributed by atoms with Crippen LogP contribution in [0.25, 0.3) is 0 Å². The number of hydrogen-bond donors (Lipinski definition) is 2. The van der Waals surface area contributed by atoms with Gasteiger partial charge in [0.2, 0.25) is 5.91 Å². The van der Waals surface area contributed by atoms with Crippen LogP contribution >= 0.6 is 0 Å². The molecule has 1 aromatic carbocycles. The number of carboxylic acids is 1. The zero-order valence-corrected chi connectivity index (χ0v) is 15.8. The summed E-state index contributed by atoms with van der Waals surface area (Å²) in [6.07, 6.45) is 4.48. The standard InChI is InChI=1S/C21H25N3O4/c25-17-7-6-16(23-24(17)14-15-4-2-1-3-5-15)18(26)22-21-11-8-20(9-12-21,10-13-21)19(27)28/h1-5H,6-14H2,(H,22,26)(H,27,28). The molecule has 3 saturated carbocycles. The Morgan fingerprint density at radius 1 is 1.04 bits per heavy atom. The second-order valence-electron chi connectivity index (χ2n) is 8.30. The maximum atomic E-state index is 12.9. The first-order valence-corrected chi connectivity index (χ1v) is 9.89. The minimum absolute atomic E-state index is 0.0832. The summed E-state index contributed by atoms with van der Waals surface area (Å²) in [6, 6.07) is 9.58. The first-order chi connectivity index (χ1) is 13.4. The molecule has 1 aliphatic heterocycles. The highest BCUT2D eigenvalue weighted by Gasteiger charge is 2.53. The Bertz CT molecular complexity index is 809. The van der Waals surface area contributed by atoms with Gasteiger partial charge in [0, 0.05) is 18.4 Å². The van der Waals surface area contributed by atoms with Gasteiger partial charge in [-0.15, -0.1) is 0 Å². The molecule has 2 bridgehead atoms. The van der Waals surface area contributed by atoms with E-state index in [1.807, 2.05) is 30.3 Å². The lowest BCUT2D eigenvalue weighted by molar-refractivity contribution is -0.156. The molecular weight excluding hydrogens is 358 g/mol. The monoisotopic (exact) mass is 383 g/mol. The van der Waals surface area contributed by atoms with Gasteiger partial charge in [0.15, 0.2) is 0 Å². The lowest BCUT2D eigenvalue weighted by Gasteiger charge is -2.51. The summed E-state index contributed by atoms with van der Waals surface area (Å²) in [6.45, 7) is 0.350. The van der Waals surface area contributed by atoms with Gasteiger partial charge in [-0.2, -0.15) is 5.10 Å². The number of hydrazone groups is 1. The second-order valence-corrected chi connectivity index (χ2v) is 8.30. The van der Waals surface area contributed by atoms with Crippen molar-refractivity contribution >= 4 is 23.5 Å². The minimum atomic E-state index is -0.709. The molecule has 0 saturated heterocycles. The van der Waals surface area contributed by atoms with Gasteiger partial charge in [0.05, 0.1) is 12.0 Å². The molecule has 1 heterocycles. The van der Waals surface area contributed by atoms with Crippen molar-refractivity contribution in [2.75, 3.05) is 0 Å². The normalized spacial score (nSPS) is 29.4. The fourth-order valence-electron chi connectivity index (χ4n) is 4.65. The Labute approximate surface area is 163 Å². The average molecular weight is 383 g/mol. The van der Waals surface area contributed by atoms with E-state index in [1.54, 1.807) is 0 Å². The van der Waals surface area contributed by atoms with Crippen molar-refractivity contribution in [3.05, 3.63) is 35.9 Å². The van der Waals surface area contributed by atoms with Crippen molar-refractivity contribution in [3.63, 3.8) is 0 Å². The molecule has 3 aliphatic carbocycles. The summed E-state index contributed by atoms with van der Waals surface area (Å²) in [5, 5.41) is 18.4. The van der Waals surface area contributed by atoms with Crippen LogP contribution < -0.4 is 5.32 Å². The summed E-state index contributed by atoms with van der Waals surface area (Å²) in [7, 11) is 0. The van der Waals surface area contributed by atoms with Gasteiger partial charge in [0.1, 0.15) is 5.71 Å². The number of carboxylic acid groups (broad SMARTS) is 1. The molecule has 2 N–H and O–H groups in total. The van der Waals surface area contributed by atoms with Crippen LogP contribution in [0.5, 0.6) is 0 Å². The number of carbonyl (C=O) groups excluding carboxylic acids is 2. The number of aliphatic carboxylic acids is 1. The van der Waals surface area contributed by atoms with E-state index in [2.05, 4.69) is 10.4 Å². The fraction of sp³-hybridized carbons (Fsp3) is 0.524. The van der Waals surface area contributed by atoms with Crippen LogP contribution in [0.2, 0.25) is 0 Å². The number of benzene rings is 1. The van der Waals surface area contributed by atoms with E-state index < -0.39 is 11.4 Å². The first-order valence-electron chi connectivity index (χ1n) is 9.89. The highest BCUT2D eigenvalue weighted by molar-refractivity contribution is 6.39. The second kappa shape index (κ2) is 7.04. The lowest BCUT2D eigenvalue weighted by atomic mass is 9.57. The van der Waals surface area contributed by atoms with Crippen molar-refractivity contribution in [1.29, 1.82) is 0 Å². The van der Waals surface area contributed by atoms with E-state index in [-0.39, 0.29) is 23.8 Å². The van der Waals surface area contributed by atoms with Crippen LogP contribution in [0.1, 0.15) is 56.9 Å². The van der Waals surface area contributed by atoms with E-state index in [9.17, 15) is 19.5 Å². The number of amides is 2. The Morgan fingerprint density at radius 3 is 2.29 bits per heavy atom. The van der Waals surface area contributed by atoms with Crippen LogP contribution in [-0.2, 0) is 20.9 Å². The van der Waals surface area contributed by atoms with Gasteiger partial charge < -0.3 is 10.4 Å². The predicted molar refractivity (Wildman–Crippen MR) is 102 cm³/mol. The molecule has 4 aliphatic rings. The number of nitrogens with one attached hydrogen (secondary N) is 1. The molecule has 3 fully saturated rings. The maximum absolute atomic E-state index is 12.9. The van der Waals surface area contributed by atoms with Crippen molar-refractivity contribution in [1.82, 2.24) is 10.3 Å². The van der Waals surface area contributed by atoms with E-state index in [0.717, 1.165) is 5.56 Å². The van der Waals surface area contributed by atoms with Gasteiger partial charge in [-0.1, -0.05) is 30.3 Å². The van der Waals surface area contributed by atoms with E-state index >= 15 is 0 Å². The van der Waals surface area contributed by atoms with Gasteiger partial charge in [-0.05, 0) is 44.1 Å². The van der Waals surface area contributed by atoms with Crippen molar-refractivity contribution in [2.24, 2.45) is 10.5 Å². The molecule has 1 aromatic rings. The van der Waals surface area contributed by atoms with Gasteiger partial charge >= 0.3 is 5.97 Å². The van der Waals surface area contributed by atoms with Crippen LogP contribution in [-0.4, -0.2) is 39.1 Å². The van der Waals surface area contributed by atoms with Crippen molar-refractivity contribution in [2.45, 2.75) is 63.5 Å². The maximum Gasteiger partial charge on any atom is 0.309 e. The molecule has 7 nitrogen and oxygen atoms in total. The summed E-state index contributed by atoms with van der Waals surface area (Å²) in [5.41, 5.74) is 0.408. The third kappa shape index (κ3) is 3.41. The quantitative estimate of drug-likeness (QED) is 0.816. The zero-order valence-electron chi connectivity index (χ0n) is 15.8. The first kappa shape index (κ1) is 18.7. The minimum Gasteiger partial charge on any atom is -0.481 e. The van der Waals surface area contributed by atoms with E-state index in [1.165, 1.54) is 5.01 Å². The molecule has 0 radical (unpaired) electrons. The molecule has 28 heavy (non-hydrogen) atoms. The molecular formula is C21H25N3O4. The third-order valence-corrected chi connectivity index (χ3v) is 6.62. The van der Waals surface area contributed by atoms with Crippen LogP contribution in [0.3, 0.4) is 0 Å². The summed E-state index contributed by atoms with van der Waals surface area (Å²) in [4.78, 5) is 36.7. The number of fused-ring (bicyclic) bond motifs is 3. The Morgan fingerprint density at radius 2 is 1.68 bits per heavy atom. The topological polar surface area (TPSA) is 99.1 Å². The molecule has 0 atom stereocenters. The number of rotatable bonds is 5. The molecule has 0 aromatic heterocycles. The summed E-state index contributed by atoms with van der Waals surface area (Å²) in [5.74, 6) is -1.02. The molecule has 0 spiro atoms. The van der Waals surface area contributed by atoms with Crippen LogP contribution in [0, 0.1) is 5.41 Å². The van der Waals surface area contributed by atoms with Crippen LogP contribution in [0.15, 0.2) is 35.4 Å². The number of nitrogens with zero attached hydrogens (tertiary/aromatic N) is 2. The Kier molecular flexibility index (Phi) is 4.69.